The van der Waals surface area contributed by atoms with Gasteiger partial charge < -0.3 is 0 Å². The first-order chi connectivity index (χ1) is 11.6. The van der Waals surface area contributed by atoms with E-state index < -0.39 is 0 Å². The fourth-order valence-corrected chi connectivity index (χ4v) is 5.23. The average molecular weight is 365 g/mol. The van der Waals surface area contributed by atoms with Crippen molar-refractivity contribution in [2.24, 2.45) is 45.8 Å². The molecule has 2 fully saturated rings. The van der Waals surface area contributed by atoms with Crippen molar-refractivity contribution in [3.8, 4) is 0 Å². The maximum Gasteiger partial charge on any atom is -0.0354 e. The second-order valence-corrected chi connectivity index (χ2v) is 13.2. The molecule has 2 unspecified atom stereocenters. The van der Waals surface area contributed by atoms with Crippen LogP contribution >= 0.6 is 0 Å². The molecule has 0 heteroatoms. The van der Waals surface area contributed by atoms with Crippen LogP contribution in [0, 0.1) is 45.8 Å². The number of rotatable bonds is 1. The Morgan fingerprint density at radius 1 is 0.500 bits per heavy atom. The van der Waals surface area contributed by atoms with Crippen molar-refractivity contribution < 1.29 is 0 Å². The molecule has 0 saturated heterocycles. The van der Waals surface area contributed by atoms with Gasteiger partial charge in [0.25, 0.3) is 0 Å². The first kappa shape index (κ1) is 24.0. The normalized spacial score (nSPS) is 30.9. The molecule has 2 rings (SSSR count). The van der Waals surface area contributed by atoms with Gasteiger partial charge in [0, 0.05) is 0 Å². The van der Waals surface area contributed by atoms with Crippen molar-refractivity contribution in [2.45, 2.75) is 121 Å². The fourth-order valence-electron chi connectivity index (χ4n) is 5.23. The van der Waals surface area contributed by atoms with E-state index in [1.54, 1.807) is 0 Å². The van der Waals surface area contributed by atoms with E-state index >= 15 is 0 Å². The van der Waals surface area contributed by atoms with Crippen LogP contribution in [0.25, 0.3) is 0 Å². The Morgan fingerprint density at radius 3 is 1.00 bits per heavy atom. The van der Waals surface area contributed by atoms with Crippen LogP contribution < -0.4 is 0 Å². The molecule has 0 aromatic carbocycles. The van der Waals surface area contributed by atoms with E-state index in [4.69, 9.17) is 0 Å². The summed E-state index contributed by atoms with van der Waals surface area (Å²) >= 11 is 0. The summed E-state index contributed by atoms with van der Waals surface area (Å²) in [5, 5.41) is 0. The monoisotopic (exact) mass is 364 g/mol. The Bertz CT molecular complexity index is 365. The second kappa shape index (κ2) is 9.00. The zero-order valence-corrected chi connectivity index (χ0v) is 20.3. The summed E-state index contributed by atoms with van der Waals surface area (Å²) in [4.78, 5) is 0. The van der Waals surface area contributed by atoms with Crippen molar-refractivity contribution in [3.05, 3.63) is 0 Å². The quantitative estimate of drug-likeness (QED) is 0.435. The van der Waals surface area contributed by atoms with Gasteiger partial charge in [0.05, 0.1) is 0 Å². The maximum atomic E-state index is 2.40. The summed E-state index contributed by atoms with van der Waals surface area (Å²) in [5.41, 5.74) is 1.61. The van der Waals surface area contributed by atoms with Gasteiger partial charge in [-0.3, -0.25) is 0 Å². The molecule has 0 aromatic rings. The lowest BCUT2D eigenvalue weighted by Gasteiger charge is -2.41. The van der Waals surface area contributed by atoms with Crippen molar-refractivity contribution in [3.63, 3.8) is 0 Å². The molecular formula is C26H52. The van der Waals surface area contributed by atoms with Gasteiger partial charge in [-0.25, -0.2) is 0 Å². The summed E-state index contributed by atoms with van der Waals surface area (Å²) in [7, 11) is 0. The predicted octanol–water partition coefficient (Wildman–Crippen LogP) is 8.99. The predicted molar refractivity (Wildman–Crippen MR) is 119 cm³/mol. The molecule has 0 bridgehead atoms. The van der Waals surface area contributed by atoms with Gasteiger partial charge in [-0.05, 0) is 90.8 Å². The third-order valence-electron chi connectivity index (χ3n) is 7.82. The van der Waals surface area contributed by atoms with E-state index in [1.807, 2.05) is 0 Å². The van der Waals surface area contributed by atoms with Crippen LogP contribution in [0.15, 0.2) is 0 Å². The minimum atomic E-state index is 0.531. The Balaban J connectivity index is 0.000000263. The van der Waals surface area contributed by atoms with Gasteiger partial charge in [0.1, 0.15) is 0 Å². The van der Waals surface area contributed by atoms with Crippen LogP contribution in [0.3, 0.4) is 0 Å². The zero-order valence-electron chi connectivity index (χ0n) is 20.3. The van der Waals surface area contributed by atoms with E-state index in [0.29, 0.717) is 16.2 Å². The van der Waals surface area contributed by atoms with Gasteiger partial charge in [-0.15, -0.1) is 0 Å². The largest absolute Gasteiger partial charge is 0.0625 e. The van der Waals surface area contributed by atoms with Crippen molar-refractivity contribution in [2.75, 3.05) is 0 Å². The van der Waals surface area contributed by atoms with Gasteiger partial charge in [-0.2, -0.15) is 0 Å². The van der Waals surface area contributed by atoms with Gasteiger partial charge in [-0.1, -0.05) is 76.2 Å². The van der Waals surface area contributed by atoms with Crippen molar-refractivity contribution in [1.29, 1.82) is 0 Å². The average Bonchev–Trinajstić information content (AvgIpc) is 2.96. The summed E-state index contributed by atoms with van der Waals surface area (Å²) in [6.45, 7) is 26.3. The van der Waals surface area contributed by atoms with E-state index in [0.717, 1.165) is 29.6 Å². The summed E-state index contributed by atoms with van der Waals surface area (Å²) in [5.74, 6) is 4.80. The van der Waals surface area contributed by atoms with E-state index in [9.17, 15) is 0 Å². The van der Waals surface area contributed by atoms with Crippen LogP contribution in [-0.4, -0.2) is 0 Å². The highest BCUT2D eigenvalue weighted by atomic mass is 14.4. The first-order valence-electron chi connectivity index (χ1n) is 11.6. The Morgan fingerprint density at radius 2 is 0.808 bits per heavy atom. The highest BCUT2D eigenvalue weighted by Crippen LogP contribution is 2.45. The lowest BCUT2D eigenvalue weighted by Crippen LogP contribution is -2.30. The van der Waals surface area contributed by atoms with E-state index in [2.05, 4.69) is 76.2 Å². The zero-order chi connectivity index (χ0) is 20.3. The molecular weight excluding hydrogens is 312 g/mol. The van der Waals surface area contributed by atoms with E-state index in [1.165, 1.54) is 44.9 Å². The molecule has 0 aliphatic heterocycles. The molecule has 156 valence electrons. The molecule has 0 radical (unpaired) electrons. The molecule has 2 atom stereocenters. The van der Waals surface area contributed by atoms with E-state index in [-0.39, 0.29) is 0 Å². The first-order valence-corrected chi connectivity index (χ1v) is 11.6. The Labute approximate surface area is 167 Å². The van der Waals surface area contributed by atoms with Crippen molar-refractivity contribution >= 4 is 0 Å². The molecule has 0 aromatic heterocycles. The van der Waals surface area contributed by atoms with Crippen LogP contribution in [0.1, 0.15) is 121 Å². The highest BCUT2D eigenvalue weighted by Gasteiger charge is 2.34. The lowest BCUT2D eigenvalue weighted by molar-refractivity contribution is 0.0970. The third kappa shape index (κ3) is 7.55. The maximum absolute atomic E-state index is 2.40. The Kier molecular flexibility index (Phi) is 8.32. The molecule has 0 amide bonds. The lowest BCUT2D eigenvalue weighted by atomic mass is 9.64. The van der Waals surface area contributed by atoms with Crippen LogP contribution in [0.2, 0.25) is 0 Å². The van der Waals surface area contributed by atoms with Gasteiger partial charge >= 0.3 is 0 Å². The standard InChI is InChI=1S/C14H28.C12H24/c1-13(2,3)11-7-9-12(10-8-11)14(4,5)6;1-9(2)10-6-7-11(8-10)12(3,4)5/h11-12H,7-10H2,1-6H3;9-11H,6-8H2,1-5H3. The SMILES string of the molecule is CC(C)(C)C1CCC(C(C)(C)C)CC1.CC(C)C1CCC(C(C)(C)C)C1. The second-order valence-electron chi connectivity index (χ2n) is 13.2. The summed E-state index contributed by atoms with van der Waals surface area (Å²) in [6.07, 6.45) is 10.2. The molecule has 26 heavy (non-hydrogen) atoms. The van der Waals surface area contributed by atoms with Gasteiger partial charge in [0.15, 0.2) is 0 Å². The summed E-state index contributed by atoms with van der Waals surface area (Å²) < 4.78 is 0. The van der Waals surface area contributed by atoms with Crippen LogP contribution in [-0.2, 0) is 0 Å². The molecule has 0 N–H and O–H groups in total. The Hall–Kier alpha value is 0. The highest BCUT2D eigenvalue weighted by molar-refractivity contribution is 4.85. The topological polar surface area (TPSA) is 0 Å². The number of hydrogen-bond donors (Lipinski definition) is 0. The molecule has 2 aliphatic rings. The van der Waals surface area contributed by atoms with Crippen LogP contribution in [0.4, 0.5) is 0 Å². The van der Waals surface area contributed by atoms with Gasteiger partial charge in [0.2, 0.25) is 0 Å². The molecule has 0 heterocycles. The molecule has 0 spiro atoms. The molecule has 2 aliphatic carbocycles. The third-order valence-corrected chi connectivity index (χ3v) is 7.82. The van der Waals surface area contributed by atoms with Crippen molar-refractivity contribution in [1.82, 2.24) is 0 Å². The minimum absolute atomic E-state index is 0.531. The smallest absolute Gasteiger partial charge is 0.0354 e. The number of hydrogen-bond acceptors (Lipinski definition) is 0. The fraction of sp³-hybridized carbons (Fsp3) is 1.00. The molecule has 2 saturated carbocycles. The molecule has 0 nitrogen and oxygen atoms in total. The summed E-state index contributed by atoms with van der Waals surface area (Å²) in [6, 6.07) is 0. The minimum Gasteiger partial charge on any atom is -0.0625 e. The van der Waals surface area contributed by atoms with Crippen LogP contribution in [0.5, 0.6) is 0 Å².